The van der Waals surface area contributed by atoms with Crippen molar-refractivity contribution in [1.82, 2.24) is 0 Å². The van der Waals surface area contributed by atoms with E-state index in [2.05, 4.69) is 55.6 Å². The molecule has 2 aromatic carbocycles. The molecule has 0 aliphatic rings. The fourth-order valence-electron chi connectivity index (χ4n) is 2.67. The van der Waals surface area contributed by atoms with Crippen LogP contribution in [0.1, 0.15) is 44.7 Å². The predicted molar refractivity (Wildman–Crippen MR) is 92.9 cm³/mol. The van der Waals surface area contributed by atoms with E-state index in [0.717, 1.165) is 10.7 Å². The standard InChI is InChI=1S/C19H24ClN/c1-3-4-9-15(2)19(16-10-6-5-7-11-16)21-18-13-8-12-17(20)14-18/h5-8,10-15,19,21H,3-4,9H2,1-2H3. The molecule has 0 aromatic heterocycles. The lowest BCUT2D eigenvalue weighted by Gasteiger charge is -2.27. The molecule has 0 aliphatic heterocycles. The Kier molecular flexibility index (Phi) is 6.13. The van der Waals surface area contributed by atoms with Crippen LogP contribution < -0.4 is 5.32 Å². The Balaban J connectivity index is 2.19. The van der Waals surface area contributed by atoms with Gasteiger partial charge in [-0.3, -0.25) is 0 Å². The SMILES string of the molecule is CCCCC(C)C(Nc1cccc(Cl)c1)c1ccccc1. The van der Waals surface area contributed by atoms with Crippen LogP contribution in [0.15, 0.2) is 54.6 Å². The van der Waals surface area contributed by atoms with Gasteiger partial charge in [0.1, 0.15) is 0 Å². The topological polar surface area (TPSA) is 12.0 Å². The van der Waals surface area contributed by atoms with E-state index in [1.165, 1.54) is 24.8 Å². The van der Waals surface area contributed by atoms with Crippen molar-refractivity contribution in [2.75, 3.05) is 5.32 Å². The minimum atomic E-state index is 0.316. The highest BCUT2D eigenvalue weighted by Crippen LogP contribution is 2.30. The summed E-state index contributed by atoms with van der Waals surface area (Å²) in [6.07, 6.45) is 3.73. The number of rotatable bonds is 7. The van der Waals surface area contributed by atoms with Crippen molar-refractivity contribution < 1.29 is 0 Å². The first-order valence-corrected chi connectivity index (χ1v) is 8.15. The van der Waals surface area contributed by atoms with Crippen LogP contribution in [0.2, 0.25) is 5.02 Å². The third-order valence-electron chi connectivity index (χ3n) is 3.89. The van der Waals surface area contributed by atoms with Gasteiger partial charge in [0.2, 0.25) is 0 Å². The summed E-state index contributed by atoms with van der Waals surface area (Å²) in [6.45, 7) is 4.57. The van der Waals surface area contributed by atoms with Gasteiger partial charge in [0.25, 0.3) is 0 Å². The van der Waals surface area contributed by atoms with E-state index in [9.17, 15) is 0 Å². The molecule has 2 heteroatoms. The highest BCUT2D eigenvalue weighted by atomic mass is 35.5. The summed E-state index contributed by atoms with van der Waals surface area (Å²) in [6, 6.07) is 19.0. The molecule has 0 aliphatic carbocycles. The van der Waals surface area contributed by atoms with Gasteiger partial charge in [-0.25, -0.2) is 0 Å². The molecule has 2 atom stereocenters. The van der Waals surface area contributed by atoms with Gasteiger partial charge in [-0.2, -0.15) is 0 Å². The maximum Gasteiger partial charge on any atom is 0.0539 e. The Labute approximate surface area is 133 Å². The fourth-order valence-corrected chi connectivity index (χ4v) is 2.86. The largest absolute Gasteiger partial charge is 0.378 e. The summed E-state index contributed by atoms with van der Waals surface area (Å²) in [7, 11) is 0. The molecule has 1 N–H and O–H groups in total. The fraction of sp³-hybridized carbons (Fsp3) is 0.368. The van der Waals surface area contributed by atoms with Crippen molar-refractivity contribution in [3.63, 3.8) is 0 Å². The van der Waals surface area contributed by atoms with E-state index in [-0.39, 0.29) is 0 Å². The van der Waals surface area contributed by atoms with Gasteiger partial charge in [0.15, 0.2) is 0 Å². The summed E-state index contributed by atoms with van der Waals surface area (Å²) >= 11 is 6.10. The highest BCUT2D eigenvalue weighted by molar-refractivity contribution is 6.30. The zero-order valence-corrected chi connectivity index (χ0v) is 13.6. The molecule has 0 heterocycles. The monoisotopic (exact) mass is 301 g/mol. The molecule has 0 fully saturated rings. The second kappa shape index (κ2) is 8.09. The van der Waals surface area contributed by atoms with Gasteiger partial charge in [-0.15, -0.1) is 0 Å². The van der Waals surface area contributed by atoms with Crippen LogP contribution >= 0.6 is 11.6 Å². The van der Waals surface area contributed by atoms with Crippen LogP contribution in [-0.2, 0) is 0 Å². The van der Waals surface area contributed by atoms with E-state index in [1.807, 2.05) is 18.2 Å². The summed E-state index contributed by atoms with van der Waals surface area (Å²) < 4.78 is 0. The molecular formula is C19H24ClN. The summed E-state index contributed by atoms with van der Waals surface area (Å²) in [4.78, 5) is 0. The van der Waals surface area contributed by atoms with E-state index in [0.29, 0.717) is 12.0 Å². The van der Waals surface area contributed by atoms with Crippen molar-refractivity contribution >= 4 is 17.3 Å². The number of anilines is 1. The van der Waals surface area contributed by atoms with Crippen LogP contribution in [-0.4, -0.2) is 0 Å². The minimum Gasteiger partial charge on any atom is -0.378 e. The Bertz CT molecular complexity index is 538. The van der Waals surface area contributed by atoms with Crippen LogP contribution in [0, 0.1) is 5.92 Å². The Hall–Kier alpha value is -1.47. The van der Waals surface area contributed by atoms with Crippen LogP contribution in [0.4, 0.5) is 5.69 Å². The number of halogens is 1. The van der Waals surface area contributed by atoms with Crippen LogP contribution in [0.5, 0.6) is 0 Å². The first kappa shape index (κ1) is 15.9. The van der Waals surface area contributed by atoms with Crippen LogP contribution in [0.25, 0.3) is 0 Å². The normalized spacial score (nSPS) is 13.7. The lowest BCUT2D eigenvalue weighted by molar-refractivity contribution is 0.444. The molecule has 21 heavy (non-hydrogen) atoms. The molecule has 112 valence electrons. The highest BCUT2D eigenvalue weighted by Gasteiger charge is 2.18. The average molecular weight is 302 g/mol. The molecule has 0 spiro atoms. The number of hydrogen-bond acceptors (Lipinski definition) is 1. The molecule has 0 saturated heterocycles. The number of nitrogens with one attached hydrogen (secondary N) is 1. The summed E-state index contributed by atoms with van der Waals surface area (Å²) in [5, 5.41) is 4.43. The van der Waals surface area contributed by atoms with Crippen LogP contribution in [0.3, 0.4) is 0 Å². The first-order valence-electron chi connectivity index (χ1n) is 7.77. The Morgan fingerprint density at radius 1 is 1.05 bits per heavy atom. The second-order valence-electron chi connectivity index (χ2n) is 5.66. The van der Waals surface area contributed by atoms with E-state index >= 15 is 0 Å². The quantitative estimate of drug-likeness (QED) is 0.631. The van der Waals surface area contributed by atoms with Gasteiger partial charge in [0, 0.05) is 10.7 Å². The predicted octanol–water partition coefficient (Wildman–Crippen LogP) is 6.32. The molecular weight excluding hydrogens is 278 g/mol. The third-order valence-corrected chi connectivity index (χ3v) is 4.12. The van der Waals surface area contributed by atoms with Crippen molar-refractivity contribution in [2.45, 2.75) is 39.2 Å². The molecule has 0 radical (unpaired) electrons. The van der Waals surface area contributed by atoms with Crippen molar-refractivity contribution in [1.29, 1.82) is 0 Å². The van der Waals surface area contributed by atoms with Gasteiger partial charge >= 0.3 is 0 Å². The number of benzene rings is 2. The van der Waals surface area contributed by atoms with E-state index in [1.54, 1.807) is 0 Å². The first-order chi connectivity index (χ1) is 10.2. The van der Waals surface area contributed by atoms with Gasteiger partial charge in [0.05, 0.1) is 6.04 Å². The lowest BCUT2D eigenvalue weighted by atomic mass is 9.90. The van der Waals surface area contributed by atoms with Gasteiger partial charge in [-0.1, -0.05) is 74.7 Å². The summed E-state index contributed by atoms with van der Waals surface area (Å²) in [5.74, 6) is 0.575. The Morgan fingerprint density at radius 3 is 2.48 bits per heavy atom. The maximum absolute atomic E-state index is 6.10. The molecule has 2 rings (SSSR count). The van der Waals surface area contributed by atoms with Crippen molar-refractivity contribution in [2.24, 2.45) is 5.92 Å². The van der Waals surface area contributed by atoms with Gasteiger partial charge in [-0.05, 0) is 36.1 Å². The average Bonchev–Trinajstić information content (AvgIpc) is 2.51. The third kappa shape index (κ3) is 4.78. The molecule has 0 saturated carbocycles. The van der Waals surface area contributed by atoms with E-state index in [4.69, 9.17) is 11.6 Å². The minimum absolute atomic E-state index is 0.316. The zero-order valence-electron chi connectivity index (χ0n) is 12.9. The number of unbranched alkanes of at least 4 members (excludes halogenated alkanes) is 1. The molecule has 2 unspecified atom stereocenters. The number of hydrogen-bond donors (Lipinski definition) is 1. The zero-order chi connectivity index (χ0) is 15.1. The lowest BCUT2D eigenvalue weighted by Crippen LogP contribution is -2.19. The smallest absolute Gasteiger partial charge is 0.0539 e. The molecule has 2 aromatic rings. The maximum atomic E-state index is 6.10. The van der Waals surface area contributed by atoms with Crippen molar-refractivity contribution in [3.05, 3.63) is 65.2 Å². The van der Waals surface area contributed by atoms with E-state index < -0.39 is 0 Å². The second-order valence-corrected chi connectivity index (χ2v) is 6.10. The molecule has 0 amide bonds. The Morgan fingerprint density at radius 2 is 1.81 bits per heavy atom. The van der Waals surface area contributed by atoms with Crippen molar-refractivity contribution in [3.8, 4) is 0 Å². The molecule has 1 nitrogen and oxygen atoms in total. The van der Waals surface area contributed by atoms with Gasteiger partial charge < -0.3 is 5.32 Å². The molecule has 0 bridgehead atoms. The summed E-state index contributed by atoms with van der Waals surface area (Å²) in [5.41, 5.74) is 2.42.